The van der Waals surface area contributed by atoms with Crippen molar-refractivity contribution in [1.82, 2.24) is 50.0 Å². The number of fused-ring (bicyclic) bond motifs is 2. The van der Waals surface area contributed by atoms with E-state index in [1.165, 1.54) is 140 Å². The second-order valence-corrected chi connectivity index (χ2v) is 32.1. The van der Waals surface area contributed by atoms with E-state index < -0.39 is 71.6 Å². The molecular formula is C100H123BrN14O32. The molecule has 1 saturated heterocycles. The van der Waals surface area contributed by atoms with Gasteiger partial charge in [-0.3, -0.25) is 57.5 Å². The van der Waals surface area contributed by atoms with Gasteiger partial charge in [-0.25, -0.2) is 44.7 Å². The number of nitrogens with one attached hydrogen (secondary N) is 2. The highest BCUT2D eigenvalue weighted by Crippen LogP contribution is 2.32. The van der Waals surface area contributed by atoms with Gasteiger partial charge in [0.05, 0.1) is 135 Å². The van der Waals surface area contributed by atoms with E-state index in [0.29, 0.717) is 83.0 Å². The summed E-state index contributed by atoms with van der Waals surface area (Å²) in [5.41, 5.74) is 14.3. The van der Waals surface area contributed by atoms with E-state index in [4.69, 9.17) is 68.6 Å². The molecule has 9 aromatic rings. The monoisotopic (exact) mass is 2110 g/mol. The van der Waals surface area contributed by atoms with Crippen molar-refractivity contribution < 1.29 is 154 Å². The Balaban J connectivity index is 0.000000355. The number of hydrogen-bond donors (Lipinski definition) is 7. The van der Waals surface area contributed by atoms with E-state index in [1.807, 2.05) is 18.2 Å². The van der Waals surface area contributed by atoms with E-state index in [1.54, 1.807) is 86.5 Å². The van der Waals surface area contributed by atoms with Crippen LogP contribution in [0.5, 0.6) is 35.3 Å². The number of nitrogens with zero attached hydrogens (tertiary/aromatic N) is 11. The topological polar surface area (TPSA) is 637 Å². The number of hydrogen-bond acceptors (Lipinski definition) is 42. The van der Waals surface area contributed by atoms with Crippen molar-refractivity contribution in [1.29, 1.82) is 0 Å². The highest BCUT2D eigenvalue weighted by atomic mass is 79.9. The molecule has 46 nitrogen and oxygen atoms in total. The number of amidine groups is 1. The fraction of sp³-hybridized carbons (Fsp3) is 0.400. The Hall–Kier alpha value is -16.5. The number of pyridine rings is 8. The van der Waals surface area contributed by atoms with Crippen LogP contribution in [0.1, 0.15) is 197 Å². The number of esters is 10. The molecule has 1 fully saturated rings. The van der Waals surface area contributed by atoms with E-state index >= 15 is 0 Å². The summed E-state index contributed by atoms with van der Waals surface area (Å²) in [7, 11) is 14.3. The molecule has 2 unspecified atom stereocenters. The van der Waals surface area contributed by atoms with Gasteiger partial charge in [-0.05, 0) is 131 Å². The van der Waals surface area contributed by atoms with Crippen LogP contribution in [0, 0.1) is 0 Å². The predicted molar refractivity (Wildman–Crippen MR) is 529 cm³/mol. The van der Waals surface area contributed by atoms with Gasteiger partial charge in [0.15, 0.2) is 5.82 Å². The molecule has 0 spiro atoms. The van der Waals surface area contributed by atoms with Crippen LogP contribution >= 0.6 is 15.9 Å². The minimum Gasteiger partial charge on any atom is -0.481 e. The summed E-state index contributed by atoms with van der Waals surface area (Å²) in [5, 5.41) is 48.9. The molecule has 0 bridgehead atoms. The van der Waals surface area contributed by atoms with Gasteiger partial charge in [-0.15, -0.1) is 0 Å². The standard InChI is InChI=1S/C23H27N5O4.C13H17NO5.C13H15NO5.C12H18N4O.C11H13NO5.C11H11NO4.C7H10O4.C6H6BrNO.C4H6O3/c1-31-20-10-8-16(14-25-20)17(13-22(29)30)12-21-27-19(28-32-21)6-2-5-18-9-7-15-4-3-11-24-23(15)26-18;2*1-9(15)19-8-11(6-13(16)18-3)10-4-5-12(17-2)14-7-10;13-11(16-17)5-1-4-10-7-6-9-3-2-8-14-12(9)15-10;1-17-9-3-2-7(6-12-9)8(4-10(13)14)5-11(15)16;1-15-9-3-2-7(6-12-9)8-4-10(13)16-11(14)5-8;1-10-6(8)4-3-5-7(9)11-2;1-9-6-3-2-5(7)4-8-6;1-3(5)7-4(2)6/h7-10,14,17H,2-6,11-13H2,1H3,(H,24,26)(H,29,30);4-5,7,11H,6,8H2,1-3H3;4-5,7-8H,6H2,1-3H3;6-7,17H,1-5,8H2,(H2,13,16)(H,14,15);2-3,6,8H,4-5H2,1H3,(H,13,14)(H,15,16);2-3,6,8H,4-5H2,1H3;3-4H,5H2,1-2H3;2-4H,1H3;1-2H3/b;;11-8-;;;;4-3+;;. The van der Waals surface area contributed by atoms with Gasteiger partial charge >= 0.3 is 77.6 Å². The molecule has 0 amide bonds. The molecule has 147 heavy (non-hydrogen) atoms. The Morgan fingerprint density at radius 1 is 0.503 bits per heavy atom. The van der Waals surface area contributed by atoms with E-state index in [-0.39, 0.29) is 93.5 Å². The van der Waals surface area contributed by atoms with Crippen LogP contribution < -0.4 is 44.8 Å². The van der Waals surface area contributed by atoms with Crippen LogP contribution in [0.15, 0.2) is 167 Å². The lowest BCUT2D eigenvalue weighted by Gasteiger charge is -2.19. The number of nitrogens with two attached hydrogens (primary N) is 1. The summed E-state index contributed by atoms with van der Waals surface area (Å²) in [6.45, 7) is 7.05. The smallest absolute Gasteiger partial charge is 0.330 e. The largest absolute Gasteiger partial charge is 0.481 e. The number of ether oxygens (including phenoxy) is 14. The van der Waals surface area contributed by atoms with Crippen molar-refractivity contribution in [3.8, 4) is 35.3 Å². The Bertz CT molecular complexity index is 5700. The number of rotatable bonds is 37. The Kier molecular flexibility index (Phi) is 58.0. The molecule has 0 saturated carbocycles. The average Bonchev–Trinajstić information content (AvgIpc) is 1.72. The lowest BCUT2D eigenvalue weighted by atomic mass is 9.92. The average molecular weight is 2110 g/mol. The summed E-state index contributed by atoms with van der Waals surface area (Å²) in [6, 6.07) is 29.2. The summed E-state index contributed by atoms with van der Waals surface area (Å²) < 4.78 is 72.0. The fourth-order valence-electron chi connectivity index (χ4n) is 13.0. The molecule has 0 radical (unpaired) electrons. The van der Waals surface area contributed by atoms with Crippen LogP contribution in [0.25, 0.3) is 5.57 Å². The predicted octanol–water partition coefficient (Wildman–Crippen LogP) is 12.0. The Labute approximate surface area is 856 Å². The molecule has 8 N–H and O–H groups in total. The maximum atomic E-state index is 11.4. The van der Waals surface area contributed by atoms with E-state index in [0.717, 1.165) is 102 Å². The SMILES string of the molecule is CC(=O)OC(C)=O.COC(=O)/C=C/CC(=O)OC.COC(=O)C/C(=C/OC(C)=O)c1ccc(OC)nc1.COC(=O)CC(COC(C)=O)c1ccc(OC)nc1.COc1ccc(Br)cn1.COc1ccc(C(CC(=O)O)CC(=O)O)cn1.COc1ccc(C(CC(=O)O)Cc2nc(CCCc3ccc4c(n3)NCCC4)no2)cn1.COc1ccc(C2CC(=O)OC(=O)C2)cn1.N/C(CCCc1ccc2c(n1)NCCC2)=N\O. The first-order valence-electron chi connectivity index (χ1n) is 45.3. The summed E-state index contributed by atoms with van der Waals surface area (Å²) in [6.07, 6.45) is 22.9. The highest BCUT2D eigenvalue weighted by Gasteiger charge is 2.30. The third-order valence-corrected chi connectivity index (χ3v) is 20.7. The number of aromatic nitrogens is 10. The number of cyclic esters (lactones) is 2. The molecule has 3 aliphatic rings. The summed E-state index contributed by atoms with van der Waals surface area (Å²) in [5.74, 6) is -2.55. The Morgan fingerprint density at radius 3 is 1.38 bits per heavy atom. The third kappa shape index (κ3) is 51.3. The zero-order valence-electron chi connectivity index (χ0n) is 83.9. The normalized spacial score (nSPS) is 12.3. The molecular weight excluding hydrogens is 1990 g/mol. The van der Waals surface area contributed by atoms with Crippen LogP contribution in [0.3, 0.4) is 0 Å². The number of halogens is 1. The van der Waals surface area contributed by atoms with Gasteiger partial charge in [-0.1, -0.05) is 52.8 Å². The van der Waals surface area contributed by atoms with Crippen molar-refractivity contribution in [2.75, 3.05) is 101 Å². The minimum absolute atomic E-state index is 0.0161. The van der Waals surface area contributed by atoms with Crippen molar-refractivity contribution in [2.45, 2.75) is 173 Å². The minimum atomic E-state index is -1.04. The van der Waals surface area contributed by atoms with Gasteiger partial charge < -0.3 is 108 Å². The zero-order chi connectivity index (χ0) is 109. The zero-order valence-corrected chi connectivity index (χ0v) is 85.5. The summed E-state index contributed by atoms with van der Waals surface area (Å²) in [4.78, 5) is 178. The second kappa shape index (κ2) is 69.4. The Morgan fingerprint density at radius 2 is 0.966 bits per heavy atom. The molecule has 792 valence electrons. The van der Waals surface area contributed by atoms with Crippen molar-refractivity contribution in [2.24, 2.45) is 10.9 Å². The van der Waals surface area contributed by atoms with Crippen molar-refractivity contribution in [3.05, 3.63) is 219 Å². The number of aryl methyl sites for hydroxylation is 5. The van der Waals surface area contributed by atoms with Gasteiger partial charge in [0, 0.05) is 185 Å². The number of carboxylic acids is 3. The van der Waals surface area contributed by atoms with Gasteiger partial charge in [0.25, 0.3) is 0 Å². The van der Waals surface area contributed by atoms with Crippen LogP contribution in [-0.4, -0.2) is 245 Å². The maximum Gasteiger partial charge on any atom is 0.330 e. The first kappa shape index (κ1) is 123. The van der Waals surface area contributed by atoms with E-state index in [2.05, 4.69) is 129 Å². The van der Waals surface area contributed by atoms with Crippen molar-refractivity contribution in [3.63, 3.8) is 0 Å². The van der Waals surface area contributed by atoms with E-state index in [9.17, 15) is 67.4 Å². The number of carbonyl (C=O) groups is 13. The van der Waals surface area contributed by atoms with Crippen molar-refractivity contribution >= 4 is 117 Å². The molecule has 12 heterocycles. The number of aliphatic carboxylic acids is 3. The number of carbonyl (C=O) groups excluding carboxylic acids is 10. The highest BCUT2D eigenvalue weighted by molar-refractivity contribution is 9.10. The quantitative estimate of drug-likeness (QED) is 0.00219. The molecule has 0 aromatic carbocycles. The molecule has 3 aliphatic heterocycles. The fourth-order valence-corrected chi connectivity index (χ4v) is 13.2. The number of anilines is 2. The lowest BCUT2D eigenvalue weighted by Crippen LogP contribution is -2.24. The number of methoxy groups -OCH3 is 10. The first-order valence-corrected chi connectivity index (χ1v) is 46.1. The van der Waals surface area contributed by atoms with Crippen LogP contribution in [0.4, 0.5) is 11.6 Å². The lowest BCUT2D eigenvalue weighted by molar-refractivity contribution is -0.164. The third-order valence-electron chi connectivity index (χ3n) is 20.3. The molecule has 0 aliphatic carbocycles. The van der Waals surface area contributed by atoms with Gasteiger partial charge in [-0.2, -0.15) is 4.98 Å². The summed E-state index contributed by atoms with van der Waals surface area (Å²) >= 11 is 3.26. The van der Waals surface area contributed by atoms with Crippen LogP contribution in [-0.2, 0) is 139 Å². The second-order valence-electron chi connectivity index (χ2n) is 31.1. The number of oxime groups is 1. The van der Waals surface area contributed by atoms with Gasteiger partial charge in [0.2, 0.25) is 41.2 Å². The number of carboxylic acid groups (broad SMARTS) is 3. The maximum absolute atomic E-state index is 11.4. The molecule has 47 heteroatoms. The molecule has 2 atom stereocenters. The van der Waals surface area contributed by atoms with Gasteiger partial charge in [0.1, 0.15) is 17.5 Å². The first-order chi connectivity index (χ1) is 70.4. The van der Waals surface area contributed by atoms with Crippen LogP contribution in [0.2, 0.25) is 0 Å². The molecule has 12 rings (SSSR count). The molecule has 9 aromatic heterocycles.